The fraction of sp³-hybridized carbons (Fsp3) is 0.297. The molecule has 0 saturated carbocycles. The highest BCUT2D eigenvalue weighted by atomic mass is 32.2. The van der Waals surface area contributed by atoms with Gasteiger partial charge >= 0.3 is 0 Å². The molecular formula is C37H43N3O5S. The summed E-state index contributed by atoms with van der Waals surface area (Å²) in [6, 6.07) is 27.9. The molecule has 4 rings (SSSR count). The Balaban J connectivity index is 1.83. The Kier molecular flexibility index (Phi) is 11.6. The maximum Gasteiger partial charge on any atom is 0.264 e. The monoisotopic (exact) mass is 641 g/mol. The predicted octanol–water partition coefficient (Wildman–Crippen LogP) is 5.98. The highest BCUT2D eigenvalue weighted by molar-refractivity contribution is 7.92. The number of benzene rings is 4. The summed E-state index contributed by atoms with van der Waals surface area (Å²) in [4.78, 5) is 30.0. The maximum absolute atomic E-state index is 14.6. The van der Waals surface area contributed by atoms with Gasteiger partial charge < -0.3 is 15.0 Å². The minimum atomic E-state index is -4.18. The fourth-order valence-corrected chi connectivity index (χ4v) is 6.72. The molecule has 0 aliphatic heterocycles. The van der Waals surface area contributed by atoms with Crippen molar-refractivity contribution in [1.29, 1.82) is 0 Å². The Morgan fingerprint density at radius 3 is 2.20 bits per heavy atom. The van der Waals surface area contributed by atoms with Gasteiger partial charge in [0.05, 0.1) is 17.7 Å². The molecule has 4 aromatic carbocycles. The van der Waals surface area contributed by atoms with E-state index in [-0.39, 0.29) is 23.8 Å². The van der Waals surface area contributed by atoms with Gasteiger partial charge in [-0.05, 0) is 79.8 Å². The summed E-state index contributed by atoms with van der Waals surface area (Å²) in [7, 11) is -2.61. The van der Waals surface area contributed by atoms with E-state index in [1.54, 1.807) is 43.5 Å². The van der Waals surface area contributed by atoms with Gasteiger partial charge in [0, 0.05) is 19.5 Å². The number of hydrogen-bond acceptors (Lipinski definition) is 5. The molecule has 0 unspecified atom stereocenters. The molecule has 2 amide bonds. The van der Waals surface area contributed by atoms with Crippen LogP contribution in [-0.4, -0.2) is 51.4 Å². The van der Waals surface area contributed by atoms with Crippen molar-refractivity contribution < 1.29 is 22.7 Å². The molecular weight excluding hydrogens is 598 g/mol. The topological polar surface area (TPSA) is 96.0 Å². The van der Waals surface area contributed by atoms with Crippen LogP contribution in [0.4, 0.5) is 5.69 Å². The smallest absolute Gasteiger partial charge is 0.264 e. The SMILES string of the molecule is CCCNC(=O)[C@@H](Cc1ccccc1)N(Cc1cccc(OC)c1)C(=O)CN(c1cccc(C)c1C)S(=O)(=O)c1ccc(C)cc1. The first-order chi connectivity index (χ1) is 22.0. The van der Waals surface area contributed by atoms with Crippen LogP contribution in [-0.2, 0) is 32.6 Å². The molecule has 9 heteroatoms. The van der Waals surface area contributed by atoms with Crippen LogP contribution >= 0.6 is 0 Å². The molecule has 0 spiro atoms. The van der Waals surface area contributed by atoms with Crippen LogP contribution in [0.1, 0.15) is 41.2 Å². The average molecular weight is 642 g/mol. The lowest BCUT2D eigenvalue weighted by atomic mass is 10.0. The summed E-state index contributed by atoms with van der Waals surface area (Å²) in [5.74, 6) is -0.201. The molecule has 0 heterocycles. The lowest BCUT2D eigenvalue weighted by Gasteiger charge is -2.34. The van der Waals surface area contributed by atoms with Crippen LogP contribution in [0.2, 0.25) is 0 Å². The predicted molar refractivity (Wildman–Crippen MR) is 182 cm³/mol. The molecule has 0 radical (unpaired) electrons. The Labute approximate surface area is 273 Å². The first kappa shape index (κ1) is 34.2. The summed E-state index contributed by atoms with van der Waals surface area (Å²) in [6.07, 6.45) is 0.975. The molecule has 1 atom stereocenters. The second-order valence-electron chi connectivity index (χ2n) is 11.4. The van der Waals surface area contributed by atoms with E-state index in [0.717, 1.165) is 34.2 Å². The molecule has 8 nitrogen and oxygen atoms in total. The van der Waals surface area contributed by atoms with Crippen molar-refractivity contribution in [3.63, 3.8) is 0 Å². The van der Waals surface area contributed by atoms with E-state index in [0.29, 0.717) is 18.0 Å². The Morgan fingerprint density at radius 1 is 0.848 bits per heavy atom. The Morgan fingerprint density at radius 2 is 1.52 bits per heavy atom. The number of ether oxygens (including phenoxy) is 1. The quantitative estimate of drug-likeness (QED) is 0.183. The number of carbonyl (C=O) groups excluding carboxylic acids is 2. The number of hydrogen-bond donors (Lipinski definition) is 1. The third kappa shape index (κ3) is 8.34. The van der Waals surface area contributed by atoms with Gasteiger partial charge in [0.2, 0.25) is 11.8 Å². The third-order valence-corrected chi connectivity index (χ3v) is 9.81. The summed E-state index contributed by atoms with van der Waals surface area (Å²) in [5, 5.41) is 2.97. The summed E-state index contributed by atoms with van der Waals surface area (Å²) >= 11 is 0. The number of rotatable bonds is 14. The number of aryl methyl sites for hydroxylation is 2. The molecule has 0 saturated heterocycles. The zero-order valence-electron chi connectivity index (χ0n) is 27.2. The number of methoxy groups -OCH3 is 1. The standard InChI is InChI=1S/C37H43N3O5S/c1-6-22-38-37(42)35(24-30-13-8-7-9-14-30)39(25-31-15-11-16-32(23-31)45-5)36(41)26-40(34-17-10-12-28(3)29(34)4)46(43,44)33-20-18-27(2)19-21-33/h7-21,23,35H,6,22,24-26H2,1-5H3,(H,38,42)/t35-/m1/s1. The van der Waals surface area contributed by atoms with Gasteiger partial charge in [-0.2, -0.15) is 0 Å². The van der Waals surface area contributed by atoms with Crippen molar-refractivity contribution in [2.75, 3.05) is 24.5 Å². The number of amides is 2. The minimum Gasteiger partial charge on any atom is -0.497 e. The van der Waals surface area contributed by atoms with Crippen LogP contribution in [0.5, 0.6) is 5.75 Å². The third-order valence-electron chi connectivity index (χ3n) is 8.04. The highest BCUT2D eigenvalue weighted by Crippen LogP contribution is 2.29. The first-order valence-electron chi connectivity index (χ1n) is 15.4. The summed E-state index contributed by atoms with van der Waals surface area (Å²) in [6.45, 7) is 7.60. The van der Waals surface area contributed by atoms with Crippen LogP contribution in [0.25, 0.3) is 0 Å². The van der Waals surface area contributed by atoms with Gasteiger partial charge in [0.25, 0.3) is 10.0 Å². The molecule has 1 N–H and O–H groups in total. The van der Waals surface area contributed by atoms with Gasteiger partial charge in [0.1, 0.15) is 18.3 Å². The second kappa shape index (κ2) is 15.6. The average Bonchev–Trinajstić information content (AvgIpc) is 3.06. The van der Waals surface area contributed by atoms with E-state index in [4.69, 9.17) is 4.74 Å². The van der Waals surface area contributed by atoms with E-state index in [9.17, 15) is 18.0 Å². The van der Waals surface area contributed by atoms with Gasteiger partial charge in [-0.25, -0.2) is 8.42 Å². The summed E-state index contributed by atoms with van der Waals surface area (Å²) < 4.78 is 35.2. The zero-order valence-corrected chi connectivity index (χ0v) is 28.0. The van der Waals surface area contributed by atoms with E-state index in [2.05, 4.69) is 5.32 Å². The Bertz CT molecular complexity index is 1740. The van der Waals surface area contributed by atoms with Crippen LogP contribution in [0.15, 0.2) is 102 Å². The number of anilines is 1. The van der Waals surface area contributed by atoms with Crippen molar-refractivity contribution in [3.8, 4) is 5.75 Å². The number of nitrogens with one attached hydrogen (secondary N) is 1. The van der Waals surface area contributed by atoms with Gasteiger partial charge in [-0.15, -0.1) is 0 Å². The molecule has 46 heavy (non-hydrogen) atoms. The zero-order chi connectivity index (χ0) is 33.3. The van der Waals surface area contributed by atoms with E-state index >= 15 is 0 Å². The fourth-order valence-electron chi connectivity index (χ4n) is 5.24. The molecule has 0 bridgehead atoms. The van der Waals surface area contributed by atoms with E-state index < -0.39 is 28.5 Å². The van der Waals surface area contributed by atoms with Crippen molar-refractivity contribution >= 4 is 27.5 Å². The van der Waals surface area contributed by atoms with Crippen LogP contribution in [0.3, 0.4) is 0 Å². The van der Waals surface area contributed by atoms with Gasteiger partial charge in [-0.1, -0.05) is 79.2 Å². The van der Waals surface area contributed by atoms with E-state index in [1.807, 2.05) is 88.4 Å². The number of nitrogens with zero attached hydrogens (tertiary/aromatic N) is 2. The van der Waals surface area contributed by atoms with Crippen molar-refractivity contribution in [1.82, 2.24) is 10.2 Å². The van der Waals surface area contributed by atoms with E-state index in [1.165, 1.54) is 9.21 Å². The molecule has 0 fully saturated rings. The maximum atomic E-state index is 14.6. The van der Waals surface area contributed by atoms with Crippen molar-refractivity contribution in [2.45, 2.75) is 58.0 Å². The number of carbonyl (C=O) groups is 2. The molecule has 0 aliphatic rings. The summed E-state index contributed by atoms with van der Waals surface area (Å²) in [5.41, 5.74) is 4.58. The number of sulfonamides is 1. The molecule has 0 aromatic heterocycles. The van der Waals surface area contributed by atoms with Crippen LogP contribution < -0.4 is 14.4 Å². The molecule has 4 aromatic rings. The van der Waals surface area contributed by atoms with Gasteiger partial charge in [-0.3, -0.25) is 13.9 Å². The van der Waals surface area contributed by atoms with Crippen molar-refractivity contribution in [3.05, 3.63) is 125 Å². The van der Waals surface area contributed by atoms with Crippen molar-refractivity contribution in [2.24, 2.45) is 0 Å². The Hall–Kier alpha value is -4.63. The van der Waals surface area contributed by atoms with Gasteiger partial charge in [0.15, 0.2) is 0 Å². The minimum absolute atomic E-state index is 0.0678. The largest absolute Gasteiger partial charge is 0.497 e. The van der Waals surface area contributed by atoms with Crippen LogP contribution in [0, 0.1) is 20.8 Å². The highest BCUT2D eigenvalue weighted by Gasteiger charge is 2.35. The normalized spacial score (nSPS) is 11.8. The first-order valence-corrected chi connectivity index (χ1v) is 16.9. The molecule has 242 valence electrons. The molecule has 0 aliphatic carbocycles. The second-order valence-corrected chi connectivity index (χ2v) is 13.3. The lowest BCUT2D eigenvalue weighted by molar-refractivity contribution is -0.140. The lowest BCUT2D eigenvalue weighted by Crippen LogP contribution is -2.53.